The van der Waals surface area contributed by atoms with Crippen molar-refractivity contribution in [3.8, 4) is 11.3 Å². The zero-order valence-electron chi connectivity index (χ0n) is 14.5. The Morgan fingerprint density at radius 3 is 2.36 bits per heavy atom. The SMILES string of the molecule is COC(=O)C(C)OC(=O)c1cc(-c2nn(C)c(C(F)(F)F)c2Cl)c(F)cc1Cl. The highest BCUT2D eigenvalue weighted by Gasteiger charge is 2.39. The van der Waals surface area contributed by atoms with Crippen LogP contribution in [0.2, 0.25) is 10.0 Å². The van der Waals surface area contributed by atoms with Crippen LogP contribution in [-0.4, -0.2) is 34.9 Å². The van der Waals surface area contributed by atoms with E-state index in [1.54, 1.807) is 0 Å². The average molecular weight is 443 g/mol. The van der Waals surface area contributed by atoms with E-state index in [9.17, 15) is 27.2 Å². The van der Waals surface area contributed by atoms with Crippen LogP contribution in [0.1, 0.15) is 23.0 Å². The third-order valence-electron chi connectivity index (χ3n) is 3.61. The Morgan fingerprint density at radius 1 is 1.25 bits per heavy atom. The monoisotopic (exact) mass is 442 g/mol. The molecule has 1 heterocycles. The zero-order chi connectivity index (χ0) is 21.4. The summed E-state index contributed by atoms with van der Waals surface area (Å²) in [6, 6.07) is 1.55. The maximum Gasteiger partial charge on any atom is 0.434 e. The smallest absolute Gasteiger partial charge is 0.434 e. The number of hydrogen-bond acceptors (Lipinski definition) is 5. The van der Waals surface area contributed by atoms with Crippen LogP contribution in [0.3, 0.4) is 0 Å². The van der Waals surface area contributed by atoms with Gasteiger partial charge in [-0.15, -0.1) is 0 Å². The second-order valence-electron chi connectivity index (χ2n) is 5.52. The highest BCUT2D eigenvalue weighted by molar-refractivity contribution is 6.35. The Bertz CT molecular complexity index is 944. The van der Waals surface area contributed by atoms with E-state index in [2.05, 4.69) is 9.84 Å². The molecular formula is C16H12Cl2F4N2O4. The van der Waals surface area contributed by atoms with Crippen molar-refractivity contribution in [3.63, 3.8) is 0 Å². The number of carbonyl (C=O) groups is 2. The molecule has 0 aliphatic carbocycles. The fraction of sp³-hybridized carbons (Fsp3) is 0.312. The lowest BCUT2D eigenvalue weighted by molar-refractivity contribution is -0.149. The number of rotatable bonds is 4. The predicted molar refractivity (Wildman–Crippen MR) is 90.5 cm³/mol. The van der Waals surface area contributed by atoms with Gasteiger partial charge in [0, 0.05) is 12.6 Å². The van der Waals surface area contributed by atoms with Crippen molar-refractivity contribution in [1.29, 1.82) is 0 Å². The van der Waals surface area contributed by atoms with Crippen LogP contribution in [0.5, 0.6) is 0 Å². The van der Waals surface area contributed by atoms with Crippen LogP contribution < -0.4 is 0 Å². The lowest BCUT2D eigenvalue weighted by Crippen LogP contribution is -2.25. The molecule has 1 unspecified atom stereocenters. The van der Waals surface area contributed by atoms with Gasteiger partial charge >= 0.3 is 18.1 Å². The Balaban J connectivity index is 2.53. The van der Waals surface area contributed by atoms with E-state index in [0.29, 0.717) is 10.7 Å². The lowest BCUT2D eigenvalue weighted by Gasteiger charge is -2.12. The quantitative estimate of drug-likeness (QED) is 0.522. The molecule has 0 saturated carbocycles. The van der Waals surface area contributed by atoms with Crippen molar-refractivity contribution >= 4 is 35.1 Å². The minimum absolute atomic E-state index is 0.383. The average Bonchev–Trinajstić information content (AvgIpc) is 2.88. The molecule has 0 aliphatic rings. The topological polar surface area (TPSA) is 70.4 Å². The van der Waals surface area contributed by atoms with E-state index in [4.69, 9.17) is 27.9 Å². The molecule has 0 fully saturated rings. The minimum atomic E-state index is -4.84. The number of benzene rings is 1. The Morgan fingerprint density at radius 2 is 1.86 bits per heavy atom. The molecule has 2 aromatic rings. The van der Waals surface area contributed by atoms with Gasteiger partial charge in [-0.05, 0) is 19.1 Å². The van der Waals surface area contributed by atoms with Crippen molar-refractivity contribution in [2.45, 2.75) is 19.2 Å². The number of carbonyl (C=O) groups excluding carboxylic acids is 2. The highest BCUT2D eigenvalue weighted by atomic mass is 35.5. The van der Waals surface area contributed by atoms with Gasteiger partial charge in [-0.1, -0.05) is 23.2 Å². The molecule has 0 spiro atoms. The van der Waals surface area contributed by atoms with E-state index >= 15 is 0 Å². The summed E-state index contributed by atoms with van der Waals surface area (Å²) in [6.07, 6.45) is -6.13. The Labute approximate surface area is 165 Å². The predicted octanol–water partition coefficient (Wildman–Crippen LogP) is 4.27. The molecule has 152 valence electrons. The van der Waals surface area contributed by atoms with Gasteiger partial charge in [0.15, 0.2) is 11.8 Å². The maximum absolute atomic E-state index is 14.3. The third kappa shape index (κ3) is 4.22. The summed E-state index contributed by atoms with van der Waals surface area (Å²) in [5, 5.41) is 2.36. The first-order chi connectivity index (χ1) is 12.9. The number of ether oxygens (including phenoxy) is 2. The van der Waals surface area contributed by atoms with Gasteiger partial charge in [0.25, 0.3) is 0 Å². The number of esters is 2. The van der Waals surface area contributed by atoms with Crippen molar-refractivity contribution in [2.75, 3.05) is 7.11 Å². The van der Waals surface area contributed by atoms with E-state index in [-0.39, 0.29) is 5.02 Å². The molecule has 1 atom stereocenters. The van der Waals surface area contributed by atoms with Crippen LogP contribution in [0.4, 0.5) is 17.6 Å². The van der Waals surface area contributed by atoms with Gasteiger partial charge < -0.3 is 9.47 Å². The molecular weight excluding hydrogens is 431 g/mol. The molecule has 0 amide bonds. The largest absolute Gasteiger partial charge is 0.466 e. The Kier molecular flexibility index (Phi) is 6.24. The number of aryl methyl sites for hydroxylation is 1. The van der Waals surface area contributed by atoms with Crippen molar-refractivity contribution in [3.05, 3.63) is 39.3 Å². The molecule has 0 radical (unpaired) electrons. The number of hydrogen-bond donors (Lipinski definition) is 0. The summed E-state index contributed by atoms with van der Waals surface area (Å²) < 4.78 is 63.3. The van der Waals surface area contributed by atoms with Crippen LogP contribution in [0.15, 0.2) is 12.1 Å². The van der Waals surface area contributed by atoms with Crippen molar-refractivity contribution in [2.24, 2.45) is 7.05 Å². The second-order valence-corrected chi connectivity index (χ2v) is 6.30. The Hall–Kier alpha value is -2.33. The van der Waals surface area contributed by atoms with Gasteiger partial charge in [0.2, 0.25) is 0 Å². The van der Waals surface area contributed by atoms with E-state index in [1.165, 1.54) is 6.92 Å². The molecule has 0 N–H and O–H groups in total. The van der Waals surface area contributed by atoms with Gasteiger partial charge in [-0.25, -0.2) is 14.0 Å². The first-order valence-corrected chi connectivity index (χ1v) is 8.22. The second kappa shape index (κ2) is 7.96. The van der Waals surface area contributed by atoms with Gasteiger partial charge in [0.1, 0.15) is 11.5 Å². The van der Waals surface area contributed by atoms with E-state index in [1.807, 2.05) is 0 Å². The summed E-state index contributed by atoms with van der Waals surface area (Å²) in [6.45, 7) is 1.23. The van der Waals surface area contributed by atoms with E-state index < -0.39 is 57.6 Å². The molecule has 1 aromatic heterocycles. The molecule has 2 rings (SSSR count). The fourth-order valence-corrected chi connectivity index (χ4v) is 2.90. The van der Waals surface area contributed by atoms with Gasteiger partial charge in [-0.3, -0.25) is 4.68 Å². The zero-order valence-corrected chi connectivity index (χ0v) is 16.0. The molecule has 1 aromatic carbocycles. The molecule has 12 heteroatoms. The first kappa shape index (κ1) is 22.0. The van der Waals surface area contributed by atoms with Crippen LogP contribution in [0.25, 0.3) is 11.3 Å². The van der Waals surface area contributed by atoms with Gasteiger partial charge in [-0.2, -0.15) is 18.3 Å². The summed E-state index contributed by atoms with van der Waals surface area (Å²) in [4.78, 5) is 23.6. The van der Waals surface area contributed by atoms with Gasteiger partial charge in [0.05, 0.1) is 22.7 Å². The number of methoxy groups -OCH3 is 1. The number of nitrogens with zero attached hydrogens (tertiary/aromatic N) is 2. The number of alkyl halides is 3. The summed E-state index contributed by atoms with van der Waals surface area (Å²) >= 11 is 11.6. The lowest BCUT2D eigenvalue weighted by atomic mass is 10.1. The summed E-state index contributed by atoms with van der Waals surface area (Å²) in [5.74, 6) is -3.03. The molecule has 0 saturated heterocycles. The van der Waals surface area contributed by atoms with E-state index in [0.717, 1.165) is 20.2 Å². The number of aromatic nitrogens is 2. The fourth-order valence-electron chi connectivity index (χ4n) is 2.30. The van der Waals surface area contributed by atoms with Crippen LogP contribution in [0, 0.1) is 5.82 Å². The summed E-state index contributed by atoms with van der Waals surface area (Å²) in [7, 11) is 2.07. The standard InChI is InChI=1S/C16H12Cl2F4N2O4/c1-6(14(25)27-3)28-15(26)7-4-8(10(19)5-9(7)17)12-11(18)13(16(20,21)22)24(2)23-12/h4-6H,1-3H3. The number of halogens is 6. The molecule has 0 bridgehead atoms. The normalized spacial score (nSPS) is 12.6. The molecule has 0 aliphatic heterocycles. The van der Waals surface area contributed by atoms with Crippen molar-refractivity contribution < 1.29 is 36.6 Å². The maximum atomic E-state index is 14.3. The third-order valence-corrected chi connectivity index (χ3v) is 4.28. The van der Waals surface area contributed by atoms with Crippen LogP contribution in [-0.2, 0) is 27.5 Å². The molecule has 28 heavy (non-hydrogen) atoms. The highest BCUT2D eigenvalue weighted by Crippen LogP contribution is 2.40. The minimum Gasteiger partial charge on any atom is -0.466 e. The first-order valence-electron chi connectivity index (χ1n) is 7.46. The van der Waals surface area contributed by atoms with Crippen molar-refractivity contribution in [1.82, 2.24) is 9.78 Å². The van der Waals surface area contributed by atoms with Crippen LogP contribution >= 0.6 is 23.2 Å². The molecule has 6 nitrogen and oxygen atoms in total. The summed E-state index contributed by atoms with van der Waals surface area (Å²) in [5.41, 5.74) is -2.73.